The third-order valence-electron chi connectivity index (χ3n) is 5.85. The van der Waals surface area contributed by atoms with Crippen LogP contribution in [0.5, 0.6) is 5.75 Å². The minimum Gasteiger partial charge on any atom is -0.497 e. The Bertz CT molecular complexity index is 1330. The number of nitrogens with zero attached hydrogens (tertiary/aromatic N) is 2. The van der Waals surface area contributed by atoms with E-state index in [-0.39, 0.29) is 11.4 Å². The maximum Gasteiger partial charge on any atom is 0.267 e. The van der Waals surface area contributed by atoms with Gasteiger partial charge in [0.1, 0.15) is 16.4 Å². The van der Waals surface area contributed by atoms with Crippen LogP contribution in [0.4, 0.5) is 4.39 Å². The van der Waals surface area contributed by atoms with E-state index in [1.807, 2.05) is 30.3 Å². The highest BCUT2D eigenvalue weighted by molar-refractivity contribution is 7.98. The van der Waals surface area contributed by atoms with Gasteiger partial charge in [0.2, 0.25) is 0 Å². The van der Waals surface area contributed by atoms with Gasteiger partial charge in [0, 0.05) is 10.6 Å². The molecular weight excluding hydrogens is 443 g/mol. The summed E-state index contributed by atoms with van der Waals surface area (Å²) in [4.78, 5) is 20.9. The van der Waals surface area contributed by atoms with E-state index in [1.54, 1.807) is 35.1 Å². The number of fused-ring (bicyclic) bond motifs is 3. The summed E-state index contributed by atoms with van der Waals surface area (Å²) in [6, 6.07) is 14.1. The average molecular weight is 467 g/mol. The number of thiophene rings is 1. The highest BCUT2D eigenvalue weighted by Gasteiger charge is 2.22. The molecule has 0 amide bonds. The van der Waals surface area contributed by atoms with E-state index in [9.17, 15) is 9.18 Å². The number of thioether (sulfide) groups is 1. The number of aryl methyl sites for hydroxylation is 2. The topological polar surface area (TPSA) is 44.1 Å². The minimum atomic E-state index is -0.248. The van der Waals surface area contributed by atoms with E-state index in [1.165, 1.54) is 34.7 Å². The van der Waals surface area contributed by atoms with Crippen LogP contribution in [0.25, 0.3) is 15.9 Å². The highest BCUT2D eigenvalue weighted by atomic mass is 32.2. The second-order valence-electron chi connectivity index (χ2n) is 7.86. The molecule has 5 rings (SSSR count). The van der Waals surface area contributed by atoms with Gasteiger partial charge in [-0.2, -0.15) is 0 Å². The first-order valence-corrected chi connectivity index (χ1v) is 12.5. The van der Waals surface area contributed by atoms with Gasteiger partial charge in [-0.3, -0.25) is 9.36 Å². The van der Waals surface area contributed by atoms with Crippen molar-refractivity contribution < 1.29 is 9.13 Å². The predicted molar refractivity (Wildman–Crippen MR) is 129 cm³/mol. The van der Waals surface area contributed by atoms with E-state index in [2.05, 4.69) is 0 Å². The smallest absolute Gasteiger partial charge is 0.267 e. The number of benzene rings is 2. The van der Waals surface area contributed by atoms with Gasteiger partial charge in [-0.05, 0) is 67.1 Å². The SMILES string of the molecule is COc1ccc(-n2c(SCc3ccccc3F)nc3sc4c(c3c2=O)CCCCC4)cc1. The molecule has 0 fully saturated rings. The van der Waals surface area contributed by atoms with Crippen molar-refractivity contribution in [3.8, 4) is 11.4 Å². The van der Waals surface area contributed by atoms with Gasteiger partial charge >= 0.3 is 0 Å². The molecule has 0 bridgehead atoms. The lowest BCUT2D eigenvalue weighted by Crippen LogP contribution is -2.22. The van der Waals surface area contributed by atoms with Crippen molar-refractivity contribution >= 4 is 33.3 Å². The lowest BCUT2D eigenvalue weighted by atomic mass is 10.1. The Labute approximate surface area is 194 Å². The number of hydrogen-bond donors (Lipinski definition) is 0. The van der Waals surface area contributed by atoms with E-state index in [0.29, 0.717) is 16.5 Å². The third kappa shape index (κ3) is 3.95. The lowest BCUT2D eigenvalue weighted by molar-refractivity contribution is 0.414. The molecule has 1 aliphatic rings. The molecule has 0 radical (unpaired) electrons. The molecule has 0 spiro atoms. The van der Waals surface area contributed by atoms with Gasteiger partial charge in [0.05, 0.1) is 18.2 Å². The third-order valence-corrected chi connectivity index (χ3v) is 8.03. The first-order valence-electron chi connectivity index (χ1n) is 10.7. The molecule has 2 aromatic heterocycles. The van der Waals surface area contributed by atoms with Crippen molar-refractivity contribution in [2.24, 2.45) is 0 Å². The van der Waals surface area contributed by atoms with Crippen LogP contribution in [0.1, 0.15) is 35.3 Å². The highest BCUT2D eigenvalue weighted by Crippen LogP contribution is 2.35. The largest absolute Gasteiger partial charge is 0.497 e. The minimum absolute atomic E-state index is 0.0457. The van der Waals surface area contributed by atoms with Gasteiger partial charge in [0.15, 0.2) is 5.16 Å². The van der Waals surface area contributed by atoms with Crippen molar-refractivity contribution in [3.63, 3.8) is 0 Å². The van der Waals surface area contributed by atoms with Gasteiger partial charge in [0.25, 0.3) is 5.56 Å². The number of halogens is 1. The summed E-state index contributed by atoms with van der Waals surface area (Å²) in [7, 11) is 1.62. The Hall–Kier alpha value is -2.64. The summed E-state index contributed by atoms with van der Waals surface area (Å²) in [6.45, 7) is 0. The molecule has 0 atom stereocenters. The van der Waals surface area contributed by atoms with E-state index in [0.717, 1.165) is 47.3 Å². The maximum absolute atomic E-state index is 14.2. The molecule has 7 heteroatoms. The number of rotatable bonds is 5. The van der Waals surface area contributed by atoms with Crippen molar-refractivity contribution in [3.05, 3.63) is 80.7 Å². The standard InChI is InChI=1S/C25H23FN2O2S2/c1-30-18-13-11-17(12-14-18)28-24(29)22-19-8-3-2-4-10-21(19)32-23(22)27-25(28)31-15-16-7-5-6-9-20(16)26/h5-7,9,11-14H,2-4,8,10,15H2,1H3. The summed E-state index contributed by atoms with van der Waals surface area (Å²) in [6.07, 6.45) is 5.39. The van der Waals surface area contributed by atoms with Crippen LogP contribution in [-0.4, -0.2) is 16.7 Å². The van der Waals surface area contributed by atoms with Crippen molar-refractivity contribution in [2.75, 3.05) is 7.11 Å². The molecule has 4 nitrogen and oxygen atoms in total. The van der Waals surface area contributed by atoms with Crippen molar-refractivity contribution in [2.45, 2.75) is 43.0 Å². The molecule has 164 valence electrons. The molecule has 2 aromatic carbocycles. The summed E-state index contributed by atoms with van der Waals surface area (Å²) in [5.74, 6) is 0.870. The van der Waals surface area contributed by atoms with E-state index < -0.39 is 0 Å². The molecule has 32 heavy (non-hydrogen) atoms. The Morgan fingerprint density at radius 2 is 1.88 bits per heavy atom. The number of aromatic nitrogens is 2. The van der Waals surface area contributed by atoms with Crippen LogP contribution < -0.4 is 10.3 Å². The Kier molecular flexibility index (Phi) is 6.02. The van der Waals surface area contributed by atoms with Crippen LogP contribution >= 0.6 is 23.1 Å². The van der Waals surface area contributed by atoms with Crippen LogP contribution in [0.3, 0.4) is 0 Å². The Morgan fingerprint density at radius 3 is 2.66 bits per heavy atom. The number of hydrogen-bond acceptors (Lipinski definition) is 5. The fraction of sp³-hybridized carbons (Fsp3) is 0.280. The Balaban J connectivity index is 1.66. The normalized spacial score (nSPS) is 13.7. The van der Waals surface area contributed by atoms with Gasteiger partial charge in [-0.15, -0.1) is 11.3 Å². The van der Waals surface area contributed by atoms with Crippen LogP contribution in [0.2, 0.25) is 0 Å². The second kappa shape index (κ2) is 9.08. The van der Waals surface area contributed by atoms with Crippen LogP contribution in [-0.2, 0) is 18.6 Å². The molecule has 0 unspecified atom stereocenters. The summed E-state index contributed by atoms with van der Waals surface area (Å²) in [5, 5.41) is 1.32. The first kappa shape index (κ1) is 21.2. The first-order chi connectivity index (χ1) is 15.7. The molecule has 0 saturated carbocycles. The summed E-state index contributed by atoms with van der Waals surface area (Å²) < 4.78 is 21.2. The zero-order chi connectivity index (χ0) is 22.1. The fourth-order valence-electron chi connectivity index (χ4n) is 4.18. The molecule has 2 heterocycles. The molecular formula is C25H23FN2O2S2. The Morgan fingerprint density at radius 1 is 1.09 bits per heavy atom. The van der Waals surface area contributed by atoms with Gasteiger partial charge in [-0.25, -0.2) is 9.37 Å². The monoisotopic (exact) mass is 466 g/mol. The van der Waals surface area contributed by atoms with Gasteiger partial charge in [-0.1, -0.05) is 36.4 Å². The quantitative estimate of drug-likeness (QED) is 0.201. The fourth-order valence-corrected chi connectivity index (χ4v) is 6.48. The zero-order valence-corrected chi connectivity index (χ0v) is 19.4. The van der Waals surface area contributed by atoms with E-state index in [4.69, 9.17) is 9.72 Å². The maximum atomic E-state index is 14.2. The molecule has 0 saturated heterocycles. The lowest BCUT2D eigenvalue weighted by Gasteiger charge is -2.13. The second-order valence-corrected chi connectivity index (χ2v) is 9.88. The summed E-state index contributed by atoms with van der Waals surface area (Å²) in [5.41, 5.74) is 2.45. The van der Waals surface area contributed by atoms with Crippen LogP contribution in [0, 0.1) is 5.82 Å². The number of ether oxygens (including phenoxy) is 1. The zero-order valence-electron chi connectivity index (χ0n) is 17.8. The average Bonchev–Trinajstić information content (AvgIpc) is 3.00. The van der Waals surface area contributed by atoms with Crippen LogP contribution in [0.15, 0.2) is 58.5 Å². The van der Waals surface area contributed by atoms with Gasteiger partial charge < -0.3 is 4.74 Å². The number of methoxy groups -OCH3 is 1. The summed E-state index contributed by atoms with van der Waals surface area (Å²) >= 11 is 3.03. The molecule has 1 aliphatic carbocycles. The van der Waals surface area contributed by atoms with Crippen molar-refractivity contribution in [1.29, 1.82) is 0 Å². The molecule has 4 aromatic rings. The molecule has 0 N–H and O–H groups in total. The molecule has 0 aliphatic heterocycles. The van der Waals surface area contributed by atoms with E-state index >= 15 is 0 Å². The predicted octanol–water partition coefficient (Wildman–Crippen LogP) is 6.16. The van der Waals surface area contributed by atoms with Crippen molar-refractivity contribution in [1.82, 2.24) is 9.55 Å².